The number of nitrogens with one attached hydrogen (secondary N) is 1. The van der Waals surface area contributed by atoms with Gasteiger partial charge in [0.05, 0.1) is 23.5 Å². The number of imidazole rings is 1. The molecule has 0 spiro atoms. The predicted molar refractivity (Wildman–Crippen MR) is 108 cm³/mol. The molecule has 1 fully saturated rings. The summed E-state index contributed by atoms with van der Waals surface area (Å²) in [6.45, 7) is 4.62. The zero-order chi connectivity index (χ0) is 20.0. The van der Waals surface area contributed by atoms with Crippen LogP contribution in [0.2, 0.25) is 0 Å². The maximum absolute atomic E-state index is 13.2. The Hall–Kier alpha value is -3.29. The number of hydrogen-bond donors (Lipinski definition) is 1. The standard InChI is InChI=1S/C21H23N7O/c1-13-11-14(2)28-21(22-13)25-18(26-28)12-19(29)27-10-6-5-9-17(27)20-23-15-7-3-4-8-16(15)24-20/h3-4,7-8,11,17H,5-6,9-10,12H2,1-2H3,(H,23,24). The Kier molecular flexibility index (Phi) is 4.26. The normalized spacial score (nSPS) is 17.3. The van der Waals surface area contributed by atoms with Gasteiger partial charge in [0.25, 0.3) is 5.78 Å². The zero-order valence-electron chi connectivity index (χ0n) is 16.6. The van der Waals surface area contributed by atoms with Crippen LogP contribution in [-0.2, 0) is 11.2 Å². The summed E-state index contributed by atoms with van der Waals surface area (Å²) in [5.41, 5.74) is 3.77. The van der Waals surface area contributed by atoms with E-state index in [4.69, 9.17) is 4.98 Å². The largest absolute Gasteiger partial charge is 0.340 e. The van der Waals surface area contributed by atoms with E-state index in [2.05, 4.69) is 20.1 Å². The molecule has 4 aromatic rings. The van der Waals surface area contributed by atoms with Crippen LogP contribution in [0.3, 0.4) is 0 Å². The van der Waals surface area contributed by atoms with Gasteiger partial charge in [0, 0.05) is 17.9 Å². The number of aromatic nitrogens is 6. The van der Waals surface area contributed by atoms with Gasteiger partial charge < -0.3 is 9.88 Å². The molecule has 1 amide bonds. The van der Waals surface area contributed by atoms with Crippen molar-refractivity contribution in [2.24, 2.45) is 0 Å². The first-order valence-corrected chi connectivity index (χ1v) is 10.0. The third-order valence-corrected chi connectivity index (χ3v) is 5.52. The van der Waals surface area contributed by atoms with Crippen molar-refractivity contribution in [1.82, 2.24) is 34.4 Å². The van der Waals surface area contributed by atoms with Crippen molar-refractivity contribution in [3.8, 4) is 0 Å². The van der Waals surface area contributed by atoms with Gasteiger partial charge in [-0.3, -0.25) is 4.79 Å². The van der Waals surface area contributed by atoms with Crippen LogP contribution in [0.5, 0.6) is 0 Å². The quantitative estimate of drug-likeness (QED) is 0.582. The Balaban J connectivity index is 1.42. The van der Waals surface area contributed by atoms with Gasteiger partial charge in [0.1, 0.15) is 5.82 Å². The van der Waals surface area contributed by atoms with Crippen LogP contribution in [0.25, 0.3) is 16.8 Å². The molecule has 1 unspecified atom stereocenters. The zero-order valence-corrected chi connectivity index (χ0v) is 16.6. The van der Waals surface area contributed by atoms with Gasteiger partial charge in [-0.15, -0.1) is 5.10 Å². The lowest BCUT2D eigenvalue weighted by atomic mass is 10.0. The van der Waals surface area contributed by atoms with Crippen molar-refractivity contribution in [2.45, 2.75) is 45.6 Å². The monoisotopic (exact) mass is 389 g/mol. The van der Waals surface area contributed by atoms with Crippen LogP contribution < -0.4 is 0 Å². The number of carbonyl (C=O) groups excluding carboxylic acids is 1. The molecule has 0 aliphatic carbocycles. The molecule has 1 atom stereocenters. The molecule has 8 nitrogen and oxygen atoms in total. The maximum atomic E-state index is 13.2. The molecule has 4 heterocycles. The summed E-state index contributed by atoms with van der Waals surface area (Å²) in [6, 6.07) is 9.88. The number of amides is 1. The number of rotatable bonds is 3. The first-order valence-electron chi connectivity index (χ1n) is 10.0. The fraction of sp³-hybridized carbons (Fsp3) is 0.381. The number of H-pyrrole nitrogens is 1. The highest BCUT2D eigenvalue weighted by molar-refractivity contribution is 5.79. The molecule has 0 saturated carbocycles. The van der Waals surface area contributed by atoms with Gasteiger partial charge in [-0.1, -0.05) is 12.1 Å². The second-order valence-electron chi connectivity index (χ2n) is 7.69. The molecule has 5 rings (SSSR count). The van der Waals surface area contributed by atoms with Crippen molar-refractivity contribution in [3.05, 3.63) is 53.4 Å². The van der Waals surface area contributed by atoms with Crippen molar-refractivity contribution in [2.75, 3.05) is 6.54 Å². The van der Waals surface area contributed by atoms with Crippen LogP contribution in [0.4, 0.5) is 0 Å². The molecule has 3 aromatic heterocycles. The van der Waals surface area contributed by atoms with Crippen LogP contribution in [-0.4, -0.2) is 46.9 Å². The molecule has 1 aliphatic rings. The minimum atomic E-state index is -0.0391. The van der Waals surface area contributed by atoms with E-state index in [9.17, 15) is 4.79 Å². The molecular formula is C21H23N7O. The Morgan fingerprint density at radius 2 is 2.03 bits per heavy atom. The van der Waals surface area contributed by atoms with E-state index in [1.807, 2.05) is 49.1 Å². The third kappa shape index (κ3) is 3.24. The van der Waals surface area contributed by atoms with E-state index < -0.39 is 0 Å². The summed E-state index contributed by atoms with van der Waals surface area (Å²) < 4.78 is 1.70. The van der Waals surface area contributed by atoms with Crippen LogP contribution in [0.15, 0.2) is 30.3 Å². The molecule has 0 bridgehead atoms. The first kappa shape index (κ1) is 17.8. The summed E-state index contributed by atoms with van der Waals surface area (Å²) in [4.78, 5) is 32.1. The molecule has 148 valence electrons. The number of likely N-dealkylation sites (tertiary alicyclic amines) is 1. The fourth-order valence-electron chi connectivity index (χ4n) is 4.16. The first-order chi connectivity index (χ1) is 14.1. The summed E-state index contributed by atoms with van der Waals surface area (Å²) in [7, 11) is 0. The highest BCUT2D eigenvalue weighted by atomic mass is 16.2. The number of para-hydroxylation sites is 2. The number of aryl methyl sites for hydroxylation is 2. The maximum Gasteiger partial charge on any atom is 0.252 e. The van der Waals surface area contributed by atoms with Gasteiger partial charge in [-0.2, -0.15) is 4.98 Å². The number of nitrogens with zero attached hydrogens (tertiary/aromatic N) is 6. The lowest BCUT2D eigenvalue weighted by Crippen LogP contribution is -2.40. The SMILES string of the molecule is Cc1cc(C)n2nc(CC(=O)N3CCCCC3c3nc4ccccc4[nH]3)nc2n1. The minimum Gasteiger partial charge on any atom is -0.340 e. The molecule has 1 N–H and O–H groups in total. The topological polar surface area (TPSA) is 92.1 Å². The highest BCUT2D eigenvalue weighted by Gasteiger charge is 2.30. The van der Waals surface area contributed by atoms with E-state index in [0.29, 0.717) is 11.6 Å². The average molecular weight is 389 g/mol. The number of hydrogen-bond acceptors (Lipinski definition) is 5. The molecule has 0 radical (unpaired) electrons. The van der Waals surface area contributed by atoms with Gasteiger partial charge in [-0.25, -0.2) is 14.5 Å². The smallest absolute Gasteiger partial charge is 0.252 e. The molecule has 8 heteroatoms. The van der Waals surface area contributed by atoms with Crippen LogP contribution >= 0.6 is 0 Å². The lowest BCUT2D eigenvalue weighted by molar-refractivity contribution is -0.134. The Morgan fingerprint density at radius 3 is 2.90 bits per heavy atom. The fourth-order valence-corrected chi connectivity index (χ4v) is 4.16. The number of benzene rings is 1. The highest BCUT2D eigenvalue weighted by Crippen LogP contribution is 2.31. The third-order valence-electron chi connectivity index (χ3n) is 5.52. The minimum absolute atomic E-state index is 0.0282. The van der Waals surface area contributed by atoms with E-state index >= 15 is 0 Å². The van der Waals surface area contributed by atoms with E-state index in [0.717, 1.165) is 54.1 Å². The number of carbonyl (C=O) groups is 1. The molecule has 29 heavy (non-hydrogen) atoms. The van der Waals surface area contributed by atoms with E-state index in [1.165, 1.54) is 0 Å². The molecule has 1 aromatic carbocycles. The van der Waals surface area contributed by atoms with Crippen LogP contribution in [0.1, 0.15) is 48.3 Å². The molecule has 1 saturated heterocycles. The van der Waals surface area contributed by atoms with Gasteiger partial charge in [0.2, 0.25) is 5.91 Å². The van der Waals surface area contributed by atoms with E-state index in [1.54, 1.807) is 4.52 Å². The Morgan fingerprint density at radius 1 is 1.17 bits per heavy atom. The van der Waals surface area contributed by atoms with Crippen LogP contribution in [0, 0.1) is 13.8 Å². The second kappa shape index (κ2) is 6.95. The number of aromatic amines is 1. The van der Waals surface area contributed by atoms with Crippen molar-refractivity contribution >= 4 is 22.7 Å². The Bertz CT molecular complexity index is 1180. The van der Waals surface area contributed by atoms with E-state index in [-0.39, 0.29) is 18.4 Å². The lowest BCUT2D eigenvalue weighted by Gasteiger charge is -2.34. The second-order valence-corrected chi connectivity index (χ2v) is 7.69. The van der Waals surface area contributed by atoms with Crippen molar-refractivity contribution < 1.29 is 4.79 Å². The summed E-state index contributed by atoms with van der Waals surface area (Å²) in [5.74, 6) is 1.93. The summed E-state index contributed by atoms with van der Waals surface area (Å²) >= 11 is 0. The molecular weight excluding hydrogens is 366 g/mol. The molecule has 1 aliphatic heterocycles. The predicted octanol–water partition coefficient (Wildman–Crippen LogP) is 2.91. The Labute approximate surface area is 168 Å². The van der Waals surface area contributed by atoms with Crippen molar-refractivity contribution in [1.29, 1.82) is 0 Å². The average Bonchev–Trinajstić information content (AvgIpc) is 3.31. The summed E-state index contributed by atoms with van der Waals surface area (Å²) in [6.07, 6.45) is 3.16. The van der Waals surface area contributed by atoms with Crippen molar-refractivity contribution in [3.63, 3.8) is 0 Å². The van der Waals surface area contributed by atoms with Gasteiger partial charge in [0.15, 0.2) is 5.82 Å². The number of fused-ring (bicyclic) bond motifs is 2. The number of piperidine rings is 1. The van der Waals surface area contributed by atoms with Gasteiger partial charge >= 0.3 is 0 Å². The van der Waals surface area contributed by atoms with Gasteiger partial charge in [-0.05, 0) is 51.3 Å². The summed E-state index contributed by atoms with van der Waals surface area (Å²) in [5, 5.41) is 4.49.